The maximum Gasteiger partial charge on any atom is 0.326 e. The molecular weight excluding hydrogens is 324 g/mol. The van der Waals surface area contributed by atoms with Gasteiger partial charge in [-0.25, -0.2) is 9.78 Å². The summed E-state index contributed by atoms with van der Waals surface area (Å²) in [6.07, 6.45) is 25.7. The van der Waals surface area contributed by atoms with E-state index in [0.717, 1.165) is 12.8 Å². The molecule has 1 aromatic rings. The predicted molar refractivity (Wildman–Crippen MR) is 108 cm³/mol. The molecule has 1 N–H and O–H groups in total. The summed E-state index contributed by atoms with van der Waals surface area (Å²) in [7, 11) is 0. The molecule has 1 rings (SSSR count). The summed E-state index contributed by atoms with van der Waals surface area (Å²) in [5.74, 6) is -0.756. The van der Waals surface area contributed by atoms with Crippen molar-refractivity contribution in [2.24, 2.45) is 0 Å². The molecule has 150 valence electrons. The number of unbranched alkanes of at least 4 members (excludes halogenated alkanes) is 14. The van der Waals surface area contributed by atoms with Gasteiger partial charge < -0.3 is 9.67 Å². The molecule has 1 heterocycles. The van der Waals surface area contributed by atoms with Crippen LogP contribution in [0.5, 0.6) is 0 Å². The van der Waals surface area contributed by atoms with E-state index in [1.165, 1.54) is 83.5 Å². The second-order valence-corrected chi connectivity index (χ2v) is 7.60. The number of carboxylic acid groups (broad SMARTS) is 1. The Morgan fingerprint density at radius 1 is 0.846 bits per heavy atom. The van der Waals surface area contributed by atoms with Crippen molar-refractivity contribution in [1.29, 1.82) is 0 Å². The Labute approximate surface area is 160 Å². The fourth-order valence-corrected chi connectivity index (χ4v) is 3.56. The molecule has 0 aliphatic heterocycles. The number of carboxylic acids is 1. The van der Waals surface area contributed by atoms with Gasteiger partial charge in [-0.2, -0.15) is 0 Å². The van der Waals surface area contributed by atoms with Gasteiger partial charge >= 0.3 is 5.97 Å². The van der Waals surface area contributed by atoms with Gasteiger partial charge in [0.05, 0.1) is 6.33 Å². The van der Waals surface area contributed by atoms with E-state index in [0.29, 0.717) is 6.42 Å². The number of nitrogens with zero attached hydrogens (tertiary/aromatic N) is 2. The molecule has 0 aliphatic rings. The molecule has 0 amide bonds. The van der Waals surface area contributed by atoms with Crippen molar-refractivity contribution in [2.45, 2.75) is 116 Å². The van der Waals surface area contributed by atoms with Gasteiger partial charge in [-0.15, -0.1) is 0 Å². The van der Waals surface area contributed by atoms with Crippen molar-refractivity contribution in [3.05, 3.63) is 18.7 Å². The zero-order chi connectivity index (χ0) is 18.9. The van der Waals surface area contributed by atoms with Gasteiger partial charge in [0.15, 0.2) is 0 Å². The van der Waals surface area contributed by atoms with E-state index < -0.39 is 12.0 Å². The molecule has 0 saturated heterocycles. The molecule has 4 heteroatoms. The molecule has 1 atom stereocenters. The van der Waals surface area contributed by atoms with Crippen molar-refractivity contribution in [3.63, 3.8) is 0 Å². The lowest BCUT2D eigenvalue weighted by Gasteiger charge is -2.13. The number of imidazole rings is 1. The number of hydrogen-bond acceptors (Lipinski definition) is 2. The van der Waals surface area contributed by atoms with E-state index in [1.807, 2.05) is 0 Å². The molecule has 26 heavy (non-hydrogen) atoms. The van der Waals surface area contributed by atoms with Gasteiger partial charge in [-0.3, -0.25) is 0 Å². The van der Waals surface area contributed by atoms with Gasteiger partial charge in [0.1, 0.15) is 6.04 Å². The van der Waals surface area contributed by atoms with Gasteiger partial charge in [0.25, 0.3) is 0 Å². The Hall–Kier alpha value is -1.32. The lowest BCUT2D eigenvalue weighted by molar-refractivity contribution is -0.141. The van der Waals surface area contributed by atoms with Crippen LogP contribution in [0.15, 0.2) is 18.7 Å². The Balaban J connectivity index is 1.85. The minimum atomic E-state index is -0.756. The smallest absolute Gasteiger partial charge is 0.326 e. The molecule has 0 bridgehead atoms. The maximum absolute atomic E-state index is 11.3. The van der Waals surface area contributed by atoms with Crippen molar-refractivity contribution in [1.82, 2.24) is 9.55 Å². The minimum Gasteiger partial charge on any atom is -0.480 e. The number of carbonyl (C=O) groups is 1. The molecule has 1 aromatic heterocycles. The van der Waals surface area contributed by atoms with E-state index in [9.17, 15) is 9.90 Å². The average Bonchev–Trinajstić information content (AvgIpc) is 3.15. The third kappa shape index (κ3) is 11.3. The monoisotopic (exact) mass is 364 g/mol. The summed E-state index contributed by atoms with van der Waals surface area (Å²) < 4.78 is 1.70. The minimum absolute atomic E-state index is 0.459. The molecule has 1 unspecified atom stereocenters. The van der Waals surface area contributed by atoms with Crippen molar-refractivity contribution in [3.8, 4) is 0 Å². The summed E-state index contributed by atoms with van der Waals surface area (Å²) in [4.78, 5) is 15.3. The lowest BCUT2D eigenvalue weighted by atomic mass is 10.0. The fourth-order valence-electron chi connectivity index (χ4n) is 3.56. The highest BCUT2D eigenvalue weighted by atomic mass is 16.4. The van der Waals surface area contributed by atoms with E-state index in [-0.39, 0.29) is 0 Å². The molecule has 0 saturated carbocycles. The first kappa shape index (κ1) is 22.7. The average molecular weight is 365 g/mol. The predicted octanol–water partition coefficient (Wildman–Crippen LogP) is 6.77. The van der Waals surface area contributed by atoms with Crippen molar-refractivity contribution < 1.29 is 9.90 Å². The van der Waals surface area contributed by atoms with Crippen LogP contribution in [0.1, 0.15) is 116 Å². The van der Waals surface area contributed by atoms with Gasteiger partial charge in [-0.1, -0.05) is 103 Å². The van der Waals surface area contributed by atoms with Crippen LogP contribution in [-0.2, 0) is 4.79 Å². The number of rotatable bonds is 18. The first-order chi connectivity index (χ1) is 12.8. The highest BCUT2D eigenvalue weighted by molar-refractivity contribution is 5.71. The molecule has 4 nitrogen and oxygen atoms in total. The third-order valence-corrected chi connectivity index (χ3v) is 5.25. The Morgan fingerprint density at radius 2 is 1.31 bits per heavy atom. The number of aliphatic carboxylic acids is 1. The topological polar surface area (TPSA) is 55.1 Å². The summed E-state index contributed by atoms with van der Waals surface area (Å²) in [5, 5.41) is 9.31. The van der Waals surface area contributed by atoms with E-state index in [2.05, 4.69) is 11.9 Å². The summed E-state index contributed by atoms with van der Waals surface area (Å²) in [6.45, 7) is 2.27. The SMILES string of the molecule is CCCCCCCCCCCCCCCCCC(C(=O)O)n1ccnc1. The fraction of sp³-hybridized carbons (Fsp3) is 0.818. The third-order valence-electron chi connectivity index (χ3n) is 5.25. The van der Waals surface area contributed by atoms with Crippen molar-refractivity contribution in [2.75, 3.05) is 0 Å². The van der Waals surface area contributed by atoms with Crippen LogP contribution in [0.25, 0.3) is 0 Å². The van der Waals surface area contributed by atoms with Gasteiger partial charge in [0, 0.05) is 12.4 Å². The van der Waals surface area contributed by atoms with Crippen LogP contribution in [0, 0.1) is 0 Å². The zero-order valence-corrected chi connectivity index (χ0v) is 16.9. The largest absolute Gasteiger partial charge is 0.480 e. The maximum atomic E-state index is 11.3. The van der Waals surface area contributed by atoms with Crippen LogP contribution in [0.4, 0.5) is 0 Å². The molecule has 0 aromatic carbocycles. The molecule has 0 radical (unpaired) electrons. The first-order valence-corrected chi connectivity index (χ1v) is 11.0. The van der Waals surface area contributed by atoms with Gasteiger partial charge in [-0.05, 0) is 6.42 Å². The summed E-state index contributed by atoms with van der Waals surface area (Å²) >= 11 is 0. The normalized spacial score (nSPS) is 12.3. The Kier molecular flexibility index (Phi) is 13.9. The molecular formula is C22H40N2O2. The standard InChI is InChI=1S/C22H40N2O2/c1-2-3-4-5-6-7-8-9-10-11-12-13-14-15-16-17-21(22(25)26)24-19-18-23-20-24/h18-21H,2-17H2,1H3,(H,25,26). The van der Waals surface area contributed by atoms with E-state index in [4.69, 9.17) is 0 Å². The highest BCUT2D eigenvalue weighted by Gasteiger charge is 2.17. The number of hydrogen-bond donors (Lipinski definition) is 1. The first-order valence-electron chi connectivity index (χ1n) is 11.0. The van der Waals surface area contributed by atoms with E-state index in [1.54, 1.807) is 23.3 Å². The zero-order valence-electron chi connectivity index (χ0n) is 16.9. The van der Waals surface area contributed by atoms with Crippen LogP contribution >= 0.6 is 0 Å². The Bertz CT molecular complexity index is 431. The molecule has 0 fully saturated rings. The van der Waals surface area contributed by atoms with Crippen LogP contribution in [0.3, 0.4) is 0 Å². The van der Waals surface area contributed by atoms with Crippen LogP contribution in [-0.4, -0.2) is 20.6 Å². The molecule has 0 aliphatic carbocycles. The van der Waals surface area contributed by atoms with E-state index >= 15 is 0 Å². The second-order valence-electron chi connectivity index (χ2n) is 7.60. The quantitative estimate of drug-likeness (QED) is 0.292. The highest BCUT2D eigenvalue weighted by Crippen LogP contribution is 2.18. The van der Waals surface area contributed by atoms with Crippen LogP contribution in [0.2, 0.25) is 0 Å². The Morgan fingerprint density at radius 3 is 1.69 bits per heavy atom. The molecule has 0 spiro atoms. The number of aromatic nitrogens is 2. The summed E-state index contributed by atoms with van der Waals surface area (Å²) in [5.41, 5.74) is 0. The van der Waals surface area contributed by atoms with Gasteiger partial charge in [0.2, 0.25) is 0 Å². The van der Waals surface area contributed by atoms with Crippen molar-refractivity contribution >= 4 is 5.97 Å². The lowest BCUT2D eigenvalue weighted by Crippen LogP contribution is -2.17. The second kappa shape index (κ2) is 15.9. The summed E-state index contributed by atoms with van der Waals surface area (Å²) in [6, 6.07) is -0.459. The van der Waals surface area contributed by atoms with Crippen LogP contribution < -0.4 is 0 Å².